The highest BCUT2D eigenvalue weighted by atomic mass is 35.5. The average Bonchev–Trinajstić information content (AvgIpc) is 2.74. The van der Waals surface area contributed by atoms with Crippen LogP contribution in [0.3, 0.4) is 0 Å². The Bertz CT molecular complexity index is 422. The number of thiazole rings is 1. The Balaban J connectivity index is 2.24. The van der Waals surface area contributed by atoms with Gasteiger partial charge >= 0.3 is 0 Å². The number of nitrogens with zero attached hydrogens (tertiary/aromatic N) is 1. The molecule has 2 nitrogen and oxygen atoms in total. The molecule has 0 aliphatic rings. The maximum Gasteiger partial charge on any atom is 0.133 e. The average molecular weight is 245 g/mol. The Kier molecular flexibility index (Phi) is 3.18. The lowest BCUT2D eigenvalue weighted by atomic mass is 10.4. The Labute approximate surface area is 95.4 Å². The molecule has 0 unspecified atom stereocenters. The Morgan fingerprint density at radius 1 is 1.36 bits per heavy atom. The zero-order valence-corrected chi connectivity index (χ0v) is 9.75. The van der Waals surface area contributed by atoms with Gasteiger partial charge in [-0.1, -0.05) is 11.6 Å². The summed E-state index contributed by atoms with van der Waals surface area (Å²) in [5.41, 5.74) is 5.47. The van der Waals surface area contributed by atoms with Gasteiger partial charge < -0.3 is 5.73 Å². The largest absolute Gasteiger partial charge is 0.330 e. The van der Waals surface area contributed by atoms with E-state index in [2.05, 4.69) is 4.98 Å². The van der Waals surface area contributed by atoms with Crippen molar-refractivity contribution in [1.82, 2.24) is 4.98 Å². The van der Waals surface area contributed by atoms with E-state index in [4.69, 9.17) is 17.3 Å². The summed E-state index contributed by atoms with van der Waals surface area (Å²) < 4.78 is 0.801. The van der Waals surface area contributed by atoms with Gasteiger partial charge in [-0.3, -0.25) is 0 Å². The molecule has 0 saturated heterocycles. The smallest absolute Gasteiger partial charge is 0.133 e. The first kappa shape index (κ1) is 10.1. The molecule has 0 fully saturated rings. The lowest BCUT2D eigenvalue weighted by Crippen LogP contribution is -2.00. The first-order valence-electron chi connectivity index (χ1n) is 4.20. The van der Waals surface area contributed by atoms with Crippen LogP contribution < -0.4 is 5.73 Å². The van der Waals surface area contributed by atoms with Gasteiger partial charge in [-0.05, 0) is 25.1 Å². The molecular formula is C9H9ClN2S2. The lowest BCUT2D eigenvalue weighted by molar-refractivity contribution is 0.984. The van der Waals surface area contributed by atoms with Crippen LogP contribution in [0.2, 0.25) is 4.34 Å². The number of rotatable bonds is 3. The van der Waals surface area contributed by atoms with Gasteiger partial charge in [0.1, 0.15) is 5.01 Å². The molecular weight excluding hydrogens is 236 g/mol. The molecule has 0 spiro atoms. The zero-order valence-electron chi connectivity index (χ0n) is 7.37. The molecule has 2 aromatic rings. The number of halogens is 1. The van der Waals surface area contributed by atoms with Crippen molar-refractivity contribution in [3.05, 3.63) is 27.5 Å². The van der Waals surface area contributed by atoms with Crippen LogP contribution >= 0.6 is 34.3 Å². The van der Waals surface area contributed by atoms with Gasteiger partial charge in [0.15, 0.2) is 0 Å². The predicted octanol–water partition coefficient (Wildman–Crippen LogP) is 3.03. The summed E-state index contributed by atoms with van der Waals surface area (Å²) >= 11 is 9.09. The zero-order chi connectivity index (χ0) is 9.97. The van der Waals surface area contributed by atoms with Gasteiger partial charge in [0.2, 0.25) is 0 Å². The Morgan fingerprint density at radius 2 is 2.21 bits per heavy atom. The predicted molar refractivity (Wildman–Crippen MR) is 63.2 cm³/mol. The molecule has 0 aromatic carbocycles. The minimum absolute atomic E-state index is 0.673. The van der Waals surface area contributed by atoms with Gasteiger partial charge in [0.25, 0.3) is 0 Å². The summed E-state index contributed by atoms with van der Waals surface area (Å²) in [5.74, 6) is 0. The highest BCUT2D eigenvalue weighted by molar-refractivity contribution is 7.23. The van der Waals surface area contributed by atoms with Crippen LogP contribution in [-0.4, -0.2) is 11.5 Å². The van der Waals surface area contributed by atoms with Crippen LogP contribution in [-0.2, 0) is 6.42 Å². The van der Waals surface area contributed by atoms with Gasteiger partial charge in [-0.25, -0.2) is 4.98 Å². The van der Waals surface area contributed by atoms with Crippen LogP contribution in [0.15, 0.2) is 18.3 Å². The number of nitrogens with two attached hydrogens (primary N) is 1. The molecule has 2 aromatic heterocycles. The highest BCUT2D eigenvalue weighted by Crippen LogP contribution is 2.33. The normalized spacial score (nSPS) is 10.7. The number of hydrogen-bond donors (Lipinski definition) is 1. The van der Waals surface area contributed by atoms with Crippen LogP contribution in [0.4, 0.5) is 0 Å². The van der Waals surface area contributed by atoms with E-state index in [0.29, 0.717) is 6.54 Å². The molecule has 0 amide bonds. The molecule has 2 rings (SSSR count). The SMILES string of the molecule is NCCc1cnc(-c2ccc(Cl)s2)s1. The lowest BCUT2D eigenvalue weighted by Gasteiger charge is -1.88. The molecule has 2 heterocycles. The summed E-state index contributed by atoms with van der Waals surface area (Å²) in [7, 11) is 0. The van der Waals surface area contributed by atoms with Crippen molar-refractivity contribution >= 4 is 34.3 Å². The molecule has 5 heteroatoms. The number of hydrogen-bond acceptors (Lipinski definition) is 4. The summed E-state index contributed by atoms with van der Waals surface area (Å²) in [4.78, 5) is 6.69. The quantitative estimate of drug-likeness (QED) is 0.902. The molecule has 0 aliphatic carbocycles. The molecule has 0 saturated carbocycles. The minimum Gasteiger partial charge on any atom is -0.330 e. The van der Waals surface area contributed by atoms with Crippen molar-refractivity contribution in [1.29, 1.82) is 0 Å². The van der Waals surface area contributed by atoms with Crippen LogP contribution in [0, 0.1) is 0 Å². The van der Waals surface area contributed by atoms with Crippen molar-refractivity contribution in [2.45, 2.75) is 6.42 Å². The molecule has 0 bridgehead atoms. The molecule has 74 valence electrons. The summed E-state index contributed by atoms with van der Waals surface area (Å²) in [5, 5.41) is 1.03. The topological polar surface area (TPSA) is 38.9 Å². The Morgan fingerprint density at radius 3 is 2.86 bits per heavy atom. The third-order valence-corrected chi connectivity index (χ3v) is 4.19. The second kappa shape index (κ2) is 4.40. The monoisotopic (exact) mass is 244 g/mol. The van der Waals surface area contributed by atoms with Crippen LogP contribution in [0.5, 0.6) is 0 Å². The third kappa shape index (κ3) is 2.15. The maximum absolute atomic E-state index is 5.85. The van der Waals surface area contributed by atoms with Crippen molar-refractivity contribution in [3.63, 3.8) is 0 Å². The minimum atomic E-state index is 0.673. The first-order chi connectivity index (χ1) is 6.79. The van der Waals surface area contributed by atoms with E-state index in [9.17, 15) is 0 Å². The van der Waals surface area contributed by atoms with E-state index >= 15 is 0 Å². The summed E-state index contributed by atoms with van der Waals surface area (Å²) in [6.45, 7) is 0.673. The second-order valence-corrected chi connectivity index (χ2v) is 5.60. The van der Waals surface area contributed by atoms with Gasteiger partial charge in [-0.2, -0.15) is 0 Å². The standard InChI is InChI=1S/C9H9ClN2S2/c10-8-2-1-7(14-8)9-12-5-6(13-9)3-4-11/h1-2,5H,3-4,11H2. The van der Waals surface area contributed by atoms with E-state index in [1.54, 1.807) is 22.7 Å². The van der Waals surface area contributed by atoms with E-state index in [0.717, 1.165) is 20.6 Å². The van der Waals surface area contributed by atoms with E-state index in [-0.39, 0.29) is 0 Å². The third-order valence-electron chi connectivity index (χ3n) is 1.73. The van der Waals surface area contributed by atoms with Crippen molar-refractivity contribution in [3.8, 4) is 9.88 Å². The van der Waals surface area contributed by atoms with Gasteiger partial charge in [-0.15, -0.1) is 22.7 Å². The molecule has 14 heavy (non-hydrogen) atoms. The molecule has 2 N–H and O–H groups in total. The van der Waals surface area contributed by atoms with Crippen molar-refractivity contribution in [2.75, 3.05) is 6.54 Å². The maximum atomic E-state index is 5.85. The van der Waals surface area contributed by atoms with Crippen molar-refractivity contribution in [2.24, 2.45) is 5.73 Å². The van der Waals surface area contributed by atoms with Crippen LogP contribution in [0.1, 0.15) is 4.88 Å². The van der Waals surface area contributed by atoms with E-state index in [1.165, 1.54) is 4.88 Å². The van der Waals surface area contributed by atoms with E-state index < -0.39 is 0 Å². The fourth-order valence-electron chi connectivity index (χ4n) is 1.11. The first-order valence-corrected chi connectivity index (χ1v) is 6.21. The van der Waals surface area contributed by atoms with Gasteiger partial charge in [0.05, 0.1) is 9.21 Å². The van der Waals surface area contributed by atoms with Gasteiger partial charge in [0, 0.05) is 11.1 Å². The summed E-state index contributed by atoms with van der Waals surface area (Å²) in [6, 6.07) is 3.89. The molecule has 0 atom stereocenters. The number of thiophene rings is 1. The fraction of sp³-hybridized carbons (Fsp3) is 0.222. The van der Waals surface area contributed by atoms with Crippen LogP contribution in [0.25, 0.3) is 9.88 Å². The van der Waals surface area contributed by atoms with Crippen molar-refractivity contribution < 1.29 is 0 Å². The fourth-order valence-corrected chi connectivity index (χ4v) is 3.14. The summed E-state index contributed by atoms with van der Waals surface area (Å²) in [6.07, 6.45) is 2.79. The Hall–Kier alpha value is -0.420. The molecule has 0 aliphatic heterocycles. The highest BCUT2D eigenvalue weighted by Gasteiger charge is 2.06. The number of aromatic nitrogens is 1. The van der Waals surface area contributed by atoms with E-state index in [1.807, 2.05) is 18.3 Å². The molecule has 0 radical (unpaired) electrons. The second-order valence-electron chi connectivity index (χ2n) is 2.77.